The molecule has 0 aliphatic rings. The van der Waals surface area contributed by atoms with Crippen LogP contribution in [-0.2, 0) is 9.84 Å². The lowest BCUT2D eigenvalue weighted by Gasteiger charge is -2.06. The third kappa shape index (κ3) is 4.92. The number of nitrogens with one attached hydrogen (secondary N) is 1. The Balaban J connectivity index is 2.08. The minimum Gasteiger partial charge on any atom is -0.493 e. The normalized spacial score (nSPS) is 11.6. The molecule has 0 atom stereocenters. The molecule has 24 heavy (non-hydrogen) atoms. The van der Waals surface area contributed by atoms with Crippen molar-refractivity contribution in [3.05, 3.63) is 41.6 Å². The third-order valence-electron chi connectivity index (χ3n) is 2.76. The Labute approximate surface area is 139 Å². The number of para-hydroxylation sites is 1. The topological polar surface area (TPSA) is 111 Å². The van der Waals surface area contributed by atoms with Crippen molar-refractivity contribution in [1.82, 2.24) is 15.5 Å². The van der Waals surface area contributed by atoms with E-state index in [9.17, 15) is 13.2 Å². The molecule has 1 aromatic heterocycles. The van der Waals surface area contributed by atoms with Gasteiger partial charge in [-0.2, -0.15) is 0 Å². The van der Waals surface area contributed by atoms with Crippen LogP contribution in [0.5, 0.6) is 5.75 Å². The van der Waals surface area contributed by atoms with Crippen molar-refractivity contribution in [2.75, 3.05) is 19.4 Å². The van der Waals surface area contributed by atoms with Crippen molar-refractivity contribution in [2.45, 2.75) is 6.92 Å². The number of hydrogen-bond acceptors (Lipinski definition) is 7. The maximum absolute atomic E-state index is 11.9. The molecule has 0 aliphatic carbocycles. The van der Waals surface area contributed by atoms with E-state index in [1.807, 2.05) is 13.0 Å². The van der Waals surface area contributed by atoms with Crippen LogP contribution in [-0.4, -0.2) is 43.9 Å². The summed E-state index contributed by atoms with van der Waals surface area (Å²) in [5.74, 6) is -0.0765. The summed E-state index contributed by atoms with van der Waals surface area (Å²) >= 11 is 0. The second kappa shape index (κ2) is 7.73. The maximum atomic E-state index is 11.9. The maximum Gasteiger partial charge on any atom is 0.309 e. The molecule has 0 fully saturated rings. The molecule has 0 spiro atoms. The summed E-state index contributed by atoms with van der Waals surface area (Å²) in [4.78, 5) is 11.9. The Hall–Kier alpha value is -2.68. The van der Waals surface area contributed by atoms with E-state index >= 15 is 0 Å². The van der Waals surface area contributed by atoms with Gasteiger partial charge in [-0.05, 0) is 19.1 Å². The van der Waals surface area contributed by atoms with E-state index in [0.29, 0.717) is 17.9 Å². The predicted molar refractivity (Wildman–Crippen MR) is 87.2 cm³/mol. The van der Waals surface area contributed by atoms with Gasteiger partial charge in [-0.3, -0.25) is 4.79 Å². The number of benzene rings is 1. The number of aromatic nitrogens is 2. The lowest BCUT2D eigenvalue weighted by Crippen LogP contribution is -2.23. The SMILES string of the molecule is CCOc1ccccc1-c1nnc(C(=O)NC/C=C/S(C)(=O)=O)o1. The zero-order chi connectivity index (χ0) is 17.6. The third-order valence-corrected chi connectivity index (χ3v) is 3.45. The number of ether oxygens (including phenoxy) is 1. The van der Waals surface area contributed by atoms with E-state index < -0.39 is 15.7 Å². The van der Waals surface area contributed by atoms with Gasteiger partial charge in [0.25, 0.3) is 5.89 Å². The molecule has 1 aromatic carbocycles. The van der Waals surface area contributed by atoms with Crippen molar-refractivity contribution in [3.8, 4) is 17.2 Å². The second-order valence-electron chi connectivity index (χ2n) is 4.75. The zero-order valence-corrected chi connectivity index (χ0v) is 14.0. The molecule has 1 N–H and O–H groups in total. The van der Waals surface area contributed by atoms with Gasteiger partial charge < -0.3 is 14.5 Å². The number of rotatable bonds is 7. The van der Waals surface area contributed by atoms with Crippen molar-refractivity contribution in [1.29, 1.82) is 0 Å². The van der Waals surface area contributed by atoms with Crippen molar-refractivity contribution in [3.63, 3.8) is 0 Å². The fourth-order valence-corrected chi connectivity index (χ4v) is 2.24. The second-order valence-corrected chi connectivity index (χ2v) is 6.68. The molecule has 1 heterocycles. The quantitative estimate of drug-likeness (QED) is 0.803. The summed E-state index contributed by atoms with van der Waals surface area (Å²) in [5, 5.41) is 11.0. The van der Waals surface area contributed by atoms with Gasteiger partial charge in [-0.25, -0.2) is 8.42 Å². The van der Waals surface area contributed by atoms with Crippen molar-refractivity contribution in [2.24, 2.45) is 0 Å². The van der Waals surface area contributed by atoms with Gasteiger partial charge in [0.1, 0.15) is 5.75 Å². The number of nitrogens with zero attached hydrogens (tertiary/aromatic N) is 2. The van der Waals surface area contributed by atoms with E-state index in [4.69, 9.17) is 9.15 Å². The van der Waals surface area contributed by atoms with E-state index in [0.717, 1.165) is 11.7 Å². The highest BCUT2D eigenvalue weighted by Crippen LogP contribution is 2.28. The Morgan fingerprint density at radius 1 is 1.33 bits per heavy atom. The Bertz CT molecular complexity index is 842. The molecule has 9 heteroatoms. The van der Waals surface area contributed by atoms with Gasteiger partial charge >= 0.3 is 11.8 Å². The van der Waals surface area contributed by atoms with Gasteiger partial charge in [0.15, 0.2) is 9.84 Å². The first kappa shape index (κ1) is 17.7. The van der Waals surface area contributed by atoms with Gasteiger partial charge in [0, 0.05) is 18.2 Å². The number of carbonyl (C=O) groups is 1. The highest BCUT2D eigenvalue weighted by atomic mass is 32.2. The van der Waals surface area contributed by atoms with E-state index in [2.05, 4.69) is 15.5 Å². The minimum atomic E-state index is -3.23. The fraction of sp³-hybridized carbons (Fsp3) is 0.267. The summed E-state index contributed by atoms with van der Waals surface area (Å²) in [5.41, 5.74) is 0.586. The Morgan fingerprint density at radius 3 is 2.79 bits per heavy atom. The molecular weight excluding hydrogens is 334 g/mol. The fourth-order valence-electron chi connectivity index (χ4n) is 1.80. The molecule has 1 amide bonds. The Morgan fingerprint density at radius 2 is 2.08 bits per heavy atom. The number of hydrogen-bond donors (Lipinski definition) is 1. The molecule has 0 unspecified atom stereocenters. The van der Waals surface area contributed by atoms with Crippen LogP contribution in [0.1, 0.15) is 17.6 Å². The van der Waals surface area contributed by atoms with Crippen LogP contribution < -0.4 is 10.1 Å². The molecule has 128 valence electrons. The average Bonchev–Trinajstić information content (AvgIpc) is 3.01. The minimum absolute atomic E-state index is 0.0269. The average molecular weight is 351 g/mol. The van der Waals surface area contributed by atoms with Crippen LogP contribution in [0.25, 0.3) is 11.5 Å². The summed E-state index contributed by atoms with van der Waals surface area (Å²) in [6.45, 7) is 2.36. The summed E-state index contributed by atoms with van der Waals surface area (Å²) in [6, 6.07) is 7.11. The van der Waals surface area contributed by atoms with Crippen LogP contribution >= 0.6 is 0 Å². The van der Waals surface area contributed by atoms with Gasteiger partial charge in [-0.1, -0.05) is 18.2 Å². The van der Waals surface area contributed by atoms with Crippen molar-refractivity contribution >= 4 is 15.7 Å². The van der Waals surface area contributed by atoms with E-state index in [1.54, 1.807) is 18.2 Å². The Kier molecular flexibility index (Phi) is 5.69. The zero-order valence-electron chi connectivity index (χ0n) is 13.2. The summed E-state index contributed by atoms with van der Waals surface area (Å²) < 4.78 is 32.7. The van der Waals surface area contributed by atoms with Gasteiger partial charge in [-0.15, -0.1) is 10.2 Å². The molecule has 0 saturated carbocycles. The summed E-state index contributed by atoms with van der Waals surface area (Å²) in [7, 11) is -3.23. The highest BCUT2D eigenvalue weighted by Gasteiger charge is 2.17. The lowest BCUT2D eigenvalue weighted by molar-refractivity contribution is 0.0924. The van der Waals surface area contributed by atoms with Crippen LogP contribution in [0.4, 0.5) is 0 Å². The number of carbonyl (C=O) groups excluding carboxylic acids is 1. The van der Waals surface area contributed by atoms with Crippen LogP contribution in [0.3, 0.4) is 0 Å². The first-order valence-electron chi connectivity index (χ1n) is 7.11. The van der Waals surface area contributed by atoms with Crippen LogP contribution in [0.15, 0.2) is 40.2 Å². The smallest absolute Gasteiger partial charge is 0.309 e. The van der Waals surface area contributed by atoms with Gasteiger partial charge in [0.05, 0.1) is 12.2 Å². The van der Waals surface area contributed by atoms with Crippen molar-refractivity contribution < 1.29 is 22.4 Å². The molecule has 8 nitrogen and oxygen atoms in total. The molecule has 0 bridgehead atoms. The first-order valence-corrected chi connectivity index (χ1v) is 9.06. The van der Waals surface area contributed by atoms with Gasteiger partial charge in [0.2, 0.25) is 0 Å². The molecule has 0 aliphatic heterocycles. The van der Waals surface area contributed by atoms with Crippen LogP contribution in [0.2, 0.25) is 0 Å². The molecule has 0 saturated heterocycles. The molecule has 0 radical (unpaired) electrons. The van der Waals surface area contributed by atoms with E-state index in [-0.39, 0.29) is 18.3 Å². The lowest BCUT2D eigenvalue weighted by atomic mass is 10.2. The predicted octanol–water partition coefficient (Wildman–Crippen LogP) is 1.42. The highest BCUT2D eigenvalue weighted by molar-refractivity contribution is 7.93. The van der Waals surface area contributed by atoms with E-state index in [1.165, 1.54) is 6.08 Å². The largest absolute Gasteiger partial charge is 0.493 e. The molecule has 2 rings (SSSR count). The molecular formula is C15H17N3O5S. The van der Waals surface area contributed by atoms with Crippen LogP contribution in [0, 0.1) is 0 Å². The number of sulfone groups is 1. The first-order chi connectivity index (χ1) is 11.4. The number of amides is 1. The standard InChI is InChI=1S/C15H17N3O5S/c1-3-22-12-8-5-4-7-11(12)14-17-18-15(23-14)13(19)16-9-6-10-24(2,20)21/h4-8,10H,3,9H2,1-2H3,(H,16,19)/b10-6+. The molecule has 2 aromatic rings. The summed E-state index contributed by atoms with van der Waals surface area (Å²) in [6.07, 6.45) is 2.38. The monoisotopic (exact) mass is 351 g/mol.